The number of amides is 2. The number of hydrogen-bond donors (Lipinski definition) is 2. The zero-order valence-electron chi connectivity index (χ0n) is 25.1. The van der Waals surface area contributed by atoms with Gasteiger partial charge in [-0.1, -0.05) is 12.1 Å². The summed E-state index contributed by atoms with van der Waals surface area (Å²) in [6.45, 7) is 3.03. The Hall–Kier alpha value is -4.19. The highest BCUT2D eigenvalue weighted by Gasteiger charge is 2.79. The van der Waals surface area contributed by atoms with Crippen LogP contribution in [0.1, 0.15) is 31.5 Å². The number of nitrogens with one attached hydrogen (secondary N) is 1. The largest absolute Gasteiger partial charge is 0.490 e. The zero-order chi connectivity index (χ0) is 34.8. The van der Waals surface area contributed by atoms with Gasteiger partial charge in [-0.05, 0) is 31.9 Å². The second kappa shape index (κ2) is 13.5. The van der Waals surface area contributed by atoms with E-state index in [9.17, 15) is 27.6 Å². The van der Waals surface area contributed by atoms with Crippen LogP contribution in [-0.4, -0.2) is 112 Å². The summed E-state index contributed by atoms with van der Waals surface area (Å²) in [6, 6.07) is 4.00. The molecule has 1 unspecified atom stereocenters. The number of fused-ring (bicyclic) bond motifs is 2. The third-order valence-corrected chi connectivity index (χ3v) is 8.45. The molecule has 5 heterocycles. The van der Waals surface area contributed by atoms with Crippen LogP contribution < -0.4 is 5.32 Å². The number of nitrogens with zero attached hydrogens (tertiary/aromatic N) is 4. The van der Waals surface area contributed by atoms with E-state index in [0.29, 0.717) is 25.1 Å². The van der Waals surface area contributed by atoms with Gasteiger partial charge in [-0.15, -0.1) is 6.58 Å². The fourth-order valence-corrected chi connectivity index (χ4v) is 6.36. The van der Waals surface area contributed by atoms with E-state index in [0.717, 1.165) is 4.90 Å². The van der Waals surface area contributed by atoms with Crippen molar-refractivity contribution < 1.29 is 60.1 Å². The van der Waals surface area contributed by atoms with E-state index in [-0.39, 0.29) is 18.8 Å². The van der Waals surface area contributed by atoms with Gasteiger partial charge in [0.2, 0.25) is 5.91 Å². The number of pyridine rings is 1. The number of esters is 1. The third kappa shape index (κ3) is 6.79. The van der Waals surface area contributed by atoms with Gasteiger partial charge in [-0.3, -0.25) is 19.3 Å². The topological polar surface area (TPSA) is 143 Å². The molecule has 0 spiro atoms. The van der Waals surface area contributed by atoms with E-state index < -0.39 is 85.3 Å². The third-order valence-electron chi connectivity index (χ3n) is 8.45. The number of ether oxygens (including phenoxy) is 2. The highest BCUT2D eigenvalue weighted by Crippen LogP contribution is 2.62. The van der Waals surface area contributed by atoms with Crippen LogP contribution in [0, 0.1) is 10.8 Å². The summed E-state index contributed by atoms with van der Waals surface area (Å²) in [6.07, 6.45) is -5.01. The Labute approximate surface area is 264 Å². The van der Waals surface area contributed by atoms with Gasteiger partial charge in [0.05, 0.1) is 12.3 Å². The van der Waals surface area contributed by atoms with E-state index >= 15 is 13.2 Å². The number of aliphatic carboxylic acids is 1. The van der Waals surface area contributed by atoms with Crippen LogP contribution in [0.3, 0.4) is 0 Å². The zero-order valence-corrected chi connectivity index (χ0v) is 25.1. The number of carboxylic acid groups (broad SMARTS) is 1. The standard InChI is InChI=1S/C27H32F3N5O5.C2HF3O2/c1-3-10-31-22(36)21(18-13-33-11-6-5-9-20(33)32-18)34-14-25(24(38)39-4-2)15-35(23(37)19-8-7-12-40-19)17-26(25,16-34)27(28,29)30;3-2(4,5)1(6)7/h3,5-6,9,11,13,19,21H,1,4,7-8,10,12,14-17H2,2H3,(H,31,36);(H,6,7)/t19-,21?,25+,26+;/m0./s1. The first-order valence-corrected chi connectivity index (χ1v) is 14.5. The van der Waals surface area contributed by atoms with Crippen molar-refractivity contribution in [3.63, 3.8) is 0 Å². The van der Waals surface area contributed by atoms with Gasteiger partial charge in [0, 0.05) is 51.7 Å². The molecule has 12 nitrogen and oxygen atoms in total. The van der Waals surface area contributed by atoms with Crippen LogP contribution in [0.2, 0.25) is 0 Å². The van der Waals surface area contributed by atoms with Crippen molar-refractivity contribution in [2.24, 2.45) is 10.8 Å². The second-order valence-corrected chi connectivity index (χ2v) is 11.4. The fourth-order valence-electron chi connectivity index (χ4n) is 6.36. The van der Waals surface area contributed by atoms with Crippen molar-refractivity contribution in [3.8, 4) is 0 Å². The van der Waals surface area contributed by atoms with Crippen LogP contribution >= 0.6 is 0 Å². The van der Waals surface area contributed by atoms with Gasteiger partial charge < -0.3 is 29.2 Å². The summed E-state index contributed by atoms with van der Waals surface area (Å²) >= 11 is 0. The van der Waals surface area contributed by atoms with Crippen molar-refractivity contribution in [1.82, 2.24) is 24.5 Å². The Kier molecular flexibility index (Phi) is 10.2. The van der Waals surface area contributed by atoms with Crippen molar-refractivity contribution in [2.45, 2.75) is 44.3 Å². The van der Waals surface area contributed by atoms with Crippen LogP contribution in [0.5, 0.6) is 0 Å². The van der Waals surface area contributed by atoms with Crippen molar-refractivity contribution in [1.29, 1.82) is 0 Å². The number of carboxylic acids is 1. The average molecular weight is 678 g/mol. The molecule has 2 aromatic rings. The number of aromatic nitrogens is 2. The minimum Gasteiger partial charge on any atom is -0.475 e. The van der Waals surface area contributed by atoms with Gasteiger partial charge >= 0.3 is 24.3 Å². The first-order chi connectivity index (χ1) is 22.0. The summed E-state index contributed by atoms with van der Waals surface area (Å²) < 4.78 is 89.8. The molecule has 0 bridgehead atoms. The van der Waals surface area contributed by atoms with Crippen LogP contribution in [0.15, 0.2) is 43.2 Å². The molecule has 18 heteroatoms. The Balaban J connectivity index is 0.000000644. The van der Waals surface area contributed by atoms with E-state index in [2.05, 4.69) is 16.9 Å². The molecule has 2 aromatic heterocycles. The molecule has 0 aromatic carbocycles. The second-order valence-electron chi connectivity index (χ2n) is 11.4. The molecule has 2 N–H and O–H groups in total. The maximum Gasteiger partial charge on any atom is 0.490 e. The Morgan fingerprint density at radius 2 is 1.87 bits per heavy atom. The SMILES string of the molecule is C=CCNC(=O)C(c1cn2ccccc2n1)N1C[C@]2(C(=O)OCC)CN(C(=O)[C@@H]3CCCO3)C[C@]2(C(F)(F)F)C1.O=C(O)C(F)(F)F. The molecule has 0 radical (unpaired) electrons. The lowest BCUT2D eigenvalue weighted by Gasteiger charge is -2.37. The molecule has 0 saturated carbocycles. The number of likely N-dealkylation sites (tertiary alicyclic amines) is 2. The predicted octanol–water partition coefficient (Wildman–Crippen LogP) is 2.75. The highest BCUT2D eigenvalue weighted by molar-refractivity contribution is 5.87. The van der Waals surface area contributed by atoms with Crippen LogP contribution in [0.25, 0.3) is 5.65 Å². The Morgan fingerprint density at radius 3 is 2.43 bits per heavy atom. The monoisotopic (exact) mass is 677 g/mol. The summed E-state index contributed by atoms with van der Waals surface area (Å²) in [5.74, 6) is -4.94. The lowest BCUT2D eigenvalue weighted by atomic mass is 9.67. The highest BCUT2D eigenvalue weighted by atomic mass is 19.4. The quantitative estimate of drug-likeness (QED) is 0.245. The molecule has 5 rings (SSSR count). The van der Waals surface area contributed by atoms with Gasteiger partial charge in [0.1, 0.15) is 28.6 Å². The number of rotatable bonds is 8. The van der Waals surface area contributed by atoms with Crippen molar-refractivity contribution in [3.05, 3.63) is 48.9 Å². The Bertz CT molecular complexity index is 1480. The maximum atomic E-state index is 15.2. The fraction of sp³-hybridized carbons (Fsp3) is 0.552. The Morgan fingerprint density at radius 1 is 1.17 bits per heavy atom. The van der Waals surface area contributed by atoms with E-state index in [1.54, 1.807) is 35.0 Å². The molecule has 3 aliphatic rings. The predicted molar refractivity (Wildman–Crippen MR) is 150 cm³/mol. The molecule has 0 aliphatic carbocycles. The number of alkyl halides is 6. The smallest absolute Gasteiger partial charge is 0.475 e. The first kappa shape index (κ1) is 35.7. The van der Waals surface area contributed by atoms with Gasteiger partial charge in [-0.2, -0.15) is 26.3 Å². The summed E-state index contributed by atoms with van der Waals surface area (Å²) in [4.78, 5) is 56.1. The lowest BCUT2D eigenvalue weighted by molar-refractivity contribution is -0.242. The van der Waals surface area contributed by atoms with Crippen molar-refractivity contribution in [2.75, 3.05) is 45.9 Å². The summed E-state index contributed by atoms with van der Waals surface area (Å²) in [5.41, 5.74) is -4.07. The molecule has 47 heavy (non-hydrogen) atoms. The van der Waals surface area contributed by atoms with E-state index in [4.69, 9.17) is 19.4 Å². The average Bonchev–Trinajstić information content (AvgIpc) is 3.78. The van der Waals surface area contributed by atoms with E-state index in [1.165, 1.54) is 17.9 Å². The van der Waals surface area contributed by atoms with Crippen LogP contribution in [0.4, 0.5) is 26.3 Å². The molecule has 3 saturated heterocycles. The number of carbonyl (C=O) groups excluding carboxylic acids is 3. The van der Waals surface area contributed by atoms with Crippen molar-refractivity contribution >= 4 is 29.4 Å². The van der Waals surface area contributed by atoms with E-state index in [1.807, 2.05) is 0 Å². The minimum atomic E-state index is -5.08. The summed E-state index contributed by atoms with van der Waals surface area (Å²) in [5, 5.41) is 9.80. The number of halogens is 6. The molecular weight excluding hydrogens is 644 g/mol. The van der Waals surface area contributed by atoms with Gasteiger partial charge in [-0.25, -0.2) is 9.78 Å². The summed E-state index contributed by atoms with van der Waals surface area (Å²) in [7, 11) is 0. The molecule has 2 amide bonds. The minimum absolute atomic E-state index is 0.0909. The molecular formula is C29H33F6N5O7. The normalized spacial score (nSPS) is 25.1. The molecule has 258 valence electrons. The van der Waals surface area contributed by atoms with Gasteiger partial charge in [0.25, 0.3) is 5.91 Å². The number of imidazole rings is 1. The number of carbonyl (C=O) groups is 4. The lowest BCUT2D eigenvalue weighted by Crippen LogP contribution is -2.55. The first-order valence-electron chi connectivity index (χ1n) is 14.5. The maximum absolute atomic E-state index is 15.2. The molecule has 3 fully saturated rings. The number of hydrogen-bond acceptors (Lipinski definition) is 8. The molecule has 3 aliphatic heterocycles. The van der Waals surface area contributed by atoms with Crippen LogP contribution in [-0.2, 0) is 28.7 Å². The molecule has 4 atom stereocenters. The van der Waals surface area contributed by atoms with Gasteiger partial charge in [0.15, 0.2) is 0 Å².